The fraction of sp³-hybridized carbons (Fsp3) is 0.200. The molecule has 0 radical (unpaired) electrons. The number of halogens is 2. The van der Waals surface area contributed by atoms with E-state index in [2.05, 4.69) is 56.1 Å². The zero-order valence-corrected chi connectivity index (χ0v) is 10.9. The minimum Gasteiger partial charge on any atom is -0.139 e. The topological polar surface area (TPSA) is 0 Å². The molecule has 0 unspecified atom stereocenters. The quantitative estimate of drug-likeness (QED) is 0.710. The molecule has 0 aliphatic rings. The summed E-state index contributed by atoms with van der Waals surface area (Å²) in [6.45, 7) is 0. The second-order valence-electron chi connectivity index (χ2n) is 2.77. The van der Waals surface area contributed by atoms with Gasteiger partial charge in [0.25, 0.3) is 0 Å². The van der Waals surface area contributed by atoms with Gasteiger partial charge in [0.1, 0.15) is 0 Å². The highest BCUT2D eigenvalue weighted by atomic mass is 79.9. The summed E-state index contributed by atoms with van der Waals surface area (Å²) in [5.74, 6) is 0. The molecule has 0 amide bonds. The van der Waals surface area contributed by atoms with Crippen LogP contribution in [-0.4, -0.2) is 5.33 Å². The van der Waals surface area contributed by atoms with E-state index in [9.17, 15) is 0 Å². The van der Waals surface area contributed by atoms with Gasteiger partial charge in [0.2, 0.25) is 0 Å². The molecule has 1 aromatic heterocycles. The lowest BCUT2D eigenvalue weighted by molar-refractivity contribution is 1.21. The molecule has 0 fully saturated rings. The summed E-state index contributed by atoms with van der Waals surface area (Å²) in [5, 5.41) is 2.36. The summed E-state index contributed by atoms with van der Waals surface area (Å²) in [4.78, 5) is 1.43. The molecule has 0 saturated heterocycles. The maximum absolute atomic E-state index is 3.64. The Kier molecular flexibility index (Phi) is 3.06. The van der Waals surface area contributed by atoms with Gasteiger partial charge in [-0.15, -0.1) is 11.3 Å². The first-order chi connectivity index (χ1) is 6.33. The largest absolute Gasteiger partial charge is 0.139 e. The SMILES string of the molecule is BrCCc1sc2ccccc2c1Br. The Bertz CT molecular complexity index is 420. The molecule has 2 rings (SSSR count). The summed E-state index contributed by atoms with van der Waals surface area (Å²) < 4.78 is 2.64. The number of hydrogen-bond acceptors (Lipinski definition) is 1. The molecular formula is C10H8Br2S. The molecule has 3 heteroatoms. The smallest absolute Gasteiger partial charge is 0.0393 e. The second-order valence-corrected chi connectivity index (χ2v) is 5.50. The van der Waals surface area contributed by atoms with E-state index >= 15 is 0 Å². The van der Waals surface area contributed by atoms with Gasteiger partial charge in [-0.3, -0.25) is 0 Å². The number of aryl methyl sites for hydroxylation is 1. The Morgan fingerprint density at radius 1 is 1.23 bits per heavy atom. The molecule has 0 spiro atoms. The van der Waals surface area contributed by atoms with E-state index in [0.717, 1.165) is 11.8 Å². The van der Waals surface area contributed by atoms with Crippen LogP contribution in [0.25, 0.3) is 10.1 Å². The Morgan fingerprint density at radius 3 is 2.69 bits per heavy atom. The van der Waals surface area contributed by atoms with Crippen LogP contribution in [0.5, 0.6) is 0 Å². The lowest BCUT2D eigenvalue weighted by Gasteiger charge is -1.91. The van der Waals surface area contributed by atoms with Gasteiger partial charge < -0.3 is 0 Å². The van der Waals surface area contributed by atoms with Crippen LogP contribution in [0.1, 0.15) is 4.88 Å². The zero-order chi connectivity index (χ0) is 9.26. The number of rotatable bonds is 2. The normalized spacial score (nSPS) is 10.9. The van der Waals surface area contributed by atoms with Gasteiger partial charge in [-0.05, 0) is 28.4 Å². The van der Waals surface area contributed by atoms with Gasteiger partial charge in [0.05, 0.1) is 0 Å². The van der Waals surface area contributed by atoms with Crippen LogP contribution in [0.4, 0.5) is 0 Å². The first kappa shape index (κ1) is 9.69. The third-order valence-corrected chi connectivity index (χ3v) is 4.72. The van der Waals surface area contributed by atoms with Crippen molar-refractivity contribution in [3.05, 3.63) is 33.6 Å². The average Bonchev–Trinajstić information content (AvgIpc) is 2.46. The minimum absolute atomic E-state index is 1.03. The van der Waals surface area contributed by atoms with Crippen LogP contribution in [0.3, 0.4) is 0 Å². The lowest BCUT2D eigenvalue weighted by atomic mass is 10.2. The molecule has 0 atom stereocenters. The van der Waals surface area contributed by atoms with Crippen molar-refractivity contribution in [3.63, 3.8) is 0 Å². The van der Waals surface area contributed by atoms with Crippen molar-refractivity contribution in [1.82, 2.24) is 0 Å². The predicted molar refractivity (Wildman–Crippen MR) is 67.0 cm³/mol. The molecule has 1 heterocycles. The average molecular weight is 320 g/mol. The van der Waals surface area contributed by atoms with Crippen molar-refractivity contribution in [2.45, 2.75) is 6.42 Å². The lowest BCUT2D eigenvalue weighted by Crippen LogP contribution is -1.79. The zero-order valence-electron chi connectivity index (χ0n) is 6.89. The van der Waals surface area contributed by atoms with E-state index in [4.69, 9.17) is 0 Å². The fourth-order valence-corrected chi connectivity index (χ4v) is 3.98. The molecule has 0 N–H and O–H groups in total. The summed E-state index contributed by atoms with van der Waals surface area (Å²) in [6.07, 6.45) is 1.10. The standard InChI is InChI=1S/C10H8Br2S/c11-6-5-9-10(12)7-3-1-2-4-8(7)13-9/h1-4H,5-6H2. The van der Waals surface area contributed by atoms with E-state index in [1.165, 1.54) is 19.4 Å². The number of hydrogen-bond donors (Lipinski definition) is 0. The van der Waals surface area contributed by atoms with E-state index in [1.807, 2.05) is 11.3 Å². The number of fused-ring (bicyclic) bond motifs is 1. The molecular weight excluding hydrogens is 312 g/mol. The van der Waals surface area contributed by atoms with Gasteiger partial charge in [-0.2, -0.15) is 0 Å². The Labute approximate surface area is 98.2 Å². The number of thiophene rings is 1. The van der Waals surface area contributed by atoms with Gasteiger partial charge >= 0.3 is 0 Å². The van der Waals surface area contributed by atoms with E-state index in [-0.39, 0.29) is 0 Å². The van der Waals surface area contributed by atoms with Crippen molar-refractivity contribution < 1.29 is 0 Å². The maximum atomic E-state index is 3.64. The summed E-state index contributed by atoms with van der Waals surface area (Å²) in [5.41, 5.74) is 0. The highest BCUT2D eigenvalue weighted by molar-refractivity contribution is 9.10. The van der Waals surface area contributed by atoms with Crippen molar-refractivity contribution in [2.75, 3.05) is 5.33 Å². The molecule has 0 bridgehead atoms. The highest BCUT2D eigenvalue weighted by Gasteiger charge is 2.07. The summed E-state index contributed by atoms with van der Waals surface area (Å²) in [7, 11) is 0. The summed E-state index contributed by atoms with van der Waals surface area (Å²) >= 11 is 8.98. The van der Waals surface area contributed by atoms with Crippen molar-refractivity contribution in [1.29, 1.82) is 0 Å². The fourth-order valence-electron chi connectivity index (χ4n) is 1.31. The molecule has 0 aliphatic heterocycles. The van der Waals surface area contributed by atoms with Crippen LogP contribution in [0.15, 0.2) is 28.7 Å². The third kappa shape index (κ3) is 1.83. The van der Waals surface area contributed by atoms with Crippen LogP contribution < -0.4 is 0 Å². The summed E-state index contributed by atoms with van der Waals surface area (Å²) in [6, 6.07) is 8.50. The molecule has 2 aromatic rings. The van der Waals surface area contributed by atoms with Gasteiger partial charge in [-0.25, -0.2) is 0 Å². The first-order valence-corrected chi connectivity index (χ1v) is 6.78. The second kappa shape index (κ2) is 4.11. The monoisotopic (exact) mass is 318 g/mol. The Balaban J connectivity index is 2.60. The van der Waals surface area contributed by atoms with E-state index < -0.39 is 0 Å². The molecule has 0 nitrogen and oxygen atoms in total. The van der Waals surface area contributed by atoms with Crippen LogP contribution in [0.2, 0.25) is 0 Å². The van der Waals surface area contributed by atoms with Gasteiger partial charge in [0.15, 0.2) is 0 Å². The first-order valence-electron chi connectivity index (χ1n) is 4.05. The highest BCUT2D eigenvalue weighted by Crippen LogP contribution is 2.35. The van der Waals surface area contributed by atoms with Crippen LogP contribution in [-0.2, 0) is 6.42 Å². The van der Waals surface area contributed by atoms with Crippen molar-refractivity contribution in [3.8, 4) is 0 Å². The van der Waals surface area contributed by atoms with Crippen molar-refractivity contribution in [2.24, 2.45) is 0 Å². The van der Waals surface area contributed by atoms with E-state index in [0.29, 0.717) is 0 Å². The molecule has 13 heavy (non-hydrogen) atoms. The van der Waals surface area contributed by atoms with Crippen molar-refractivity contribution >= 4 is 53.3 Å². The molecule has 68 valence electrons. The molecule has 1 aromatic carbocycles. The van der Waals surface area contributed by atoms with Gasteiger partial charge in [0, 0.05) is 24.8 Å². The van der Waals surface area contributed by atoms with Crippen LogP contribution in [0, 0.1) is 0 Å². The van der Waals surface area contributed by atoms with Crippen LogP contribution >= 0.6 is 43.2 Å². The predicted octanol–water partition coefficient (Wildman–Crippen LogP) is 4.60. The Morgan fingerprint density at radius 2 is 2.00 bits per heavy atom. The molecule has 0 saturated carbocycles. The minimum atomic E-state index is 1.03. The maximum Gasteiger partial charge on any atom is 0.0393 e. The molecule has 0 aliphatic carbocycles. The third-order valence-electron chi connectivity index (χ3n) is 1.92. The van der Waals surface area contributed by atoms with Gasteiger partial charge in [-0.1, -0.05) is 34.1 Å². The number of benzene rings is 1. The van der Waals surface area contributed by atoms with E-state index in [1.54, 1.807) is 0 Å². The number of alkyl halides is 1. The Hall–Kier alpha value is 0.140.